The number of fused-ring (bicyclic) bond motifs is 3. The first kappa shape index (κ1) is 24.1. The molecule has 3 aromatic carbocycles. The molecular formula is C30H34Hf-2. The molecule has 0 amide bonds. The number of hydrogen-bond donors (Lipinski definition) is 0. The number of allylic oxidation sites excluding steroid dienone is 2. The average Bonchev–Trinajstić information content (AvgIpc) is 3.45. The minimum absolute atomic E-state index is 0. The molecule has 160 valence electrons. The molecule has 0 atom stereocenters. The zero-order valence-corrected chi connectivity index (χ0v) is 23.4. The molecule has 0 bridgehead atoms. The van der Waals surface area contributed by atoms with Crippen LogP contribution in [-0.4, -0.2) is 0 Å². The molecule has 1 heteroatoms. The van der Waals surface area contributed by atoms with Crippen molar-refractivity contribution in [2.45, 2.75) is 73.1 Å². The van der Waals surface area contributed by atoms with Gasteiger partial charge in [0.1, 0.15) is 0 Å². The van der Waals surface area contributed by atoms with Crippen molar-refractivity contribution in [3.8, 4) is 0 Å². The maximum atomic E-state index is 3.64. The summed E-state index contributed by atoms with van der Waals surface area (Å²) in [6.45, 7) is 11.0. The zero-order valence-electron chi connectivity index (χ0n) is 19.8. The van der Waals surface area contributed by atoms with E-state index in [4.69, 9.17) is 0 Å². The molecule has 0 radical (unpaired) electrons. The second-order valence-corrected chi connectivity index (χ2v) is 9.03. The van der Waals surface area contributed by atoms with Crippen LogP contribution >= 0.6 is 0 Å². The first-order chi connectivity index (χ1) is 14.5. The Balaban J connectivity index is 0.000000212. The number of benzene rings is 2. The number of aryl methyl sites for hydroxylation is 2. The molecule has 0 heterocycles. The van der Waals surface area contributed by atoms with E-state index in [-0.39, 0.29) is 25.8 Å². The minimum atomic E-state index is 0. The Kier molecular flexibility index (Phi) is 8.03. The summed E-state index contributed by atoms with van der Waals surface area (Å²) in [7, 11) is 0. The van der Waals surface area contributed by atoms with Gasteiger partial charge in [-0.25, -0.2) is 5.57 Å². The molecule has 0 nitrogen and oxygen atoms in total. The van der Waals surface area contributed by atoms with E-state index >= 15 is 0 Å². The topological polar surface area (TPSA) is 0 Å². The second-order valence-electron chi connectivity index (χ2n) is 9.03. The van der Waals surface area contributed by atoms with Gasteiger partial charge in [-0.15, -0.1) is 17.5 Å². The van der Waals surface area contributed by atoms with Gasteiger partial charge in [0.15, 0.2) is 0 Å². The monoisotopic (exact) mass is 574 g/mol. The summed E-state index contributed by atoms with van der Waals surface area (Å²) in [6, 6.07) is 15.5. The molecule has 5 rings (SSSR count). The van der Waals surface area contributed by atoms with Gasteiger partial charge >= 0.3 is 0 Å². The normalized spacial score (nSPS) is 13.6. The first-order valence-corrected chi connectivity index (χ1v) is 11.4. The van der Waals surface area contributed by atoms with E-state index in [1.807, 2.05) is 0 Å². The van der Waals surface area contributed by atoms with E-state index in [1.54, 1.807) is 16.7 Å². The molecule has 0 saturated heterocycles. The molecular weight excluding hydrogens is 539 g/mol. The van der Waals surface area contributed by atoms with Crippen molar-refractivity contribution in [2.24, 2.45) is 0 Å². The van der Waals surface area contributed by atoms with E-state index in [1.165, 1.54) is 63.8 Å². The molecule has 0 unspecified atom stereocenters. The van der Waals surface area contributed by atoms with Gasteiger partial charge in [0, 0.05) is 25.8 Å². The Hall–Kier alpha value is -1.60. The Morgan fingerprint density at radius 3 is 2.06 bits per heavy atom. The third kappa shape index (κ3) is 4.92. The van der Waals surface area contributed by atoms with Crippen molar-refractivity contribution >= 4 is 5.57 Å². The van der Waals surface area contributed by atoms with Crippen molar-refractivity contribution in [2.75, 3.05) is 0 Å². The van der Waals surface area contributed by atoms with Gasteiger partial charge in [0.25, 0.3) is 0 Å². The van der Waals surface area contributed by atoms with Gasteiger partial charge in [-0.05, 0) is 31.2 Å². The SMILES string of the molecule is Cc1c(C)c(C)[c-](C)c1C.[C-]1=C(CCc2ccccc2)c2c(ccc3c2CCC3)C1.[Hf]. The van der Waals surface area contributed by atoms with Crippen LogP contribution < -0.4 is 0 Å². The summed E-state index contributed by atoms with van der Waals surface area (Å²) in [5.41, 5.74) is 16.5. The fourth-order valence-corrected chi connectivity index (χ4v) is 5.06. The van der Waals surface area contributed by atoms with Crippen LogP contribution in [-0.2, 0) is 51.5 Å². The van der Waals surface area contributed by atoms with Gasteiger partial charge in [-0.1, -0.05) is 89.1 Å². The van der Waals surface area contributed by atoms with Crippen LogP contribution in [0, 0.1) is 40.7 Å². The van der Waals surface area contributed by atoms with Crippen LogP contribution in [0.2, 0.25) is 0 Å². The van der Waals surface area contributed by atoms with Gasteiger partial charge < -0.3 is 0 Å². The van der Waals surface area contributed by atoms with Gasteiger partial charge in [-0.2, -0.15) is 33.4 Å². The molecule has 0 fully saturated rings. The quantitative estimate of drug-likeness (QED) is 0.225. The molecule has 0 aliphatic heterocycles. The van der Waals surface area contributed by atoms with E-state index in [9.17, 15) is 0 Å². The van der Waals surface area contributed by atoms with Crippen molar-refractivity contribution < 1.29 is 25.8 Å². The fourth-order valence-electron chi connectivity index (χ4n) is 5.06. The smallest absolute Gasteiger partial charge is 0 e. The Morgan fingerprint density at radius 2 is 1.45 bits per heavy atom. The Morgan fingerprint density at radius 1 is 0.806 bits per heavy atom. The summed E-state index contributed by atoms with van der Waals surface area (Å²) in [4.78, 5) is 0. The van der Waals surface area contributed by atoms with Crippen LogP contribution in [0.4, 0.5) is 0 Å². The zero-order chi connectivity index (χ0) is 21.3. The molecule has 3 aromatic rings. The number of hydrogen-bond acceptors (Lipinski definition) is 0. The molecule has 31 heavy (non-hydrogen) atoms. The second kappa shape index (κ2) is 10.3. The predicted molar refractivity (Wildman–Crippen MR) is 129 cm³/mol. The van der Waals surface area contributed by atoms with Crippen molar-refractivity contribution in [3.05, 3.63) is 104 Å². The maximum absolute atomic E-state index is 3.64. The summed E-state index contributed by atoms with van der Waals surface area (Å²) in [6.07, 6.45) is 10.8. The van der Waals surface area contributed by atoms with Crippen LogP contribution in [0.25, 0.3) is 5.57 Å². The summed E-state index contributed by atoms with van der Waals surface area (Å²) in [5, 5.41) is 0. The van der Waals surface area contributed by atoms with E-state index < -0.39 is 0 Å². The largest absolute Gasteiger partial charge is 0.268 e. The van der Waals surface area contributed by atoms with Crippen molar-refractivity contribution in [3.63, 3.8) is 0 Å². The van der Waals surface area contributed by atoms with Crippen molar-refractivity contribution in [1.82, 2.24) is 0 Å². The molecule has 2 aliphatic carbocycles. The van der Waals surface area contributed by atoms with Crippen LogP contribution in [0.1, 0.15) is 68.5 Å². The van der Waals surface area contributed by atoms with Gasteiger partial charge in [-0.3, -0.25) is 6.08 Å². The van der Waals surface area contributed by atoms with Gasteiger partial charge in [0.2, 0.25) is 0 Å². The first-order valence-electron chi connectivity index (χ1n) is 11.4. The van der Waals surface area contributed by atoms with Gasteiger partial charge in [0.05, 0.1) is 0 Å². The van der Waals surface area contributed by atoms with Crippen LogP contribution in [0.5, 0.6) is 0 Å². The maximum Gasteiger partial charge on any atom is 0 e. The molecule has 0 aromatic heterocycles. The van der Waals surface area contributed by atoms with E-state index in [0.717, 1.165) is 19.3 Å². The Labute approximate surface area is 207 Å². The minimum Gasteiger partial charge on any atom is -0.268 e. The van der Waals surface area contributed by atoms with E-state index in [2.05, 4.69) is 83.2 Å². The third-order valence-electron chi connectivity index (χ3n) is 7.48. The van der Waals surface area contributed by atoms with Crippen LogP contribution in [0.15, 0.2) is 42.5 Å². The summed E-state index contributed by atoms with van der Waals surface area (Å²) in [5.74, 6) is 0. The van der Waals surface area contributed by atoms with Crippen molar-refractivity contribution in [1.29, 1.82) is 0 Å². The standard InChI is InChI=1S/C20H19.C10H15.Hf/c1-2-5-15(6-3-1)9-10-17-13-14-18-12-11-16-7-4-8-19(16)20(17)18;1-6-7(2)9(4)10(5)8(6)3;/h1-3,5-6,11-12H,4,7-10,14H2;1-5H3;/q2*-1;. The predicted octanol–water partition coefficient (Wildman–Crippen LogP) is 7.50. The molecule has 0 spiro atoms. The summed E-state index contributed by atoms with van der Waals surface area (Å²) < 4.78 is 0. The fraction of sp³-hybridized carbons (Fsp3) is 0.367. The third-order valence-corrected chi connectivity index (χ3v) is 7.48. The molecule has 2 aliphatic rings. The van der Waals surface area contributed by atoms with Crippen LogP contribution in [0.3, 0.4) is 0 Å². The Bertz CT molecular complexity index is 999. The van der Waals surface area contributed by atoms with E-state index in [0.29, 0.717) is 0 Å². The molecule has 0 N–H and O–H groups in total. The molecule has 0 saturated carbocycles. The summed E-state index contributed by atoms with van der Waals surface area (Å²) >= 11 is 0. The average molecular weight is 573 g/mol. The number of rotatable bonds is 3.